The maximum absolute atomic E-state index is 13.1. The van der Waals surface area contributed by atoms with Gasteiger partial charge in [0.25, 0.3) is 17.2 Å². The number of para-hydroxylation sites is 2. The van der Waals surface area contributed by atoms with E-state index in [1.807, 2.05) is 0 Å². The topological polar surface area (TPSA) is 163 Å². The van der Waals surface area contributed by atoms with Crippen molar-refractivity contribution in [2.75, 3.05) is 0 Å². The fraction of sp³-hybridized carbons (Fsp3) is 0.0435. The number of hydrogen-bond acceptors (Lipinski definition) is 8. The normalized spacial score (nSPS) is 11.1. The van der Waals surface area contributed by atoms with Gasteiger partial charge in [0.15, 0.2) is 5.82 Å². The lowest BCUT2D eigenvalue weighted by Crippen LogP contribution is -2.24. The first kappa shape index (κ1) is 22.1. The maximum Gasteiger partial charge on any atom is 0.282 e. The number of benzene rings is 3. The number of nitro benzene ring substituents is 1. The number of aromatic hydroxyl groups is 1. The van der Waals surface area contributed by atoms with E-state index in [2.05, 4.69) is 10.1 Å². The van der Waals surface area contributed by atoms with E-state index >= 15 is 0 Å². The largest absolute Gasteiger partial charge is 0.507 e. The van der Waals surface area contributed by atoms with Gasteiger partial charge in [0.05, 0.1) is 27.6 Å². The molecule has 0 bridgehead atoms. The van der Waals surface area contributed by atoms with E-state index in [4.69, 9.17) is 10.5 Å². The van der Waals surface area contributed by atoms with Gasteiger partial charge in [-0.1, -0.05) is 24.3 Å². The molecule has 1 aromatic heterocycles. The fourth-order valence-corrected chi connectivity index (χ4v) is 3.20. The highest BCUT2D eigenvalue weighted by Crippen LogP contribution is 2.22. The Bertz CT molecular complexity index is 1510. The van der Waals surface area contributed by atoms with Crippen LogP contribution in [0.5, 0.6) is 11.5 Å². The summed E-state index contributed by atoms with van der Waals surface area (Å²) in [6, 6.07) is 16.4. The number of carbonyl (C=O) groups is 1. The van der Waals surface area contributed by atoms with Crippen LogP contribution in [0, 0.1) is 10.1 Å². The molecule has 0 unspecified atom stereocenters. The van der Waals surface area contributed by atoms with Crippen molar-refractivity contribution in [3.63, 3.8) is 0 Å². The third kappa shape index (κ3) is 4.43. The van der Waals surface area contributed by atoms with E-state index in [0.29, 0.717) is 5.52 Å². The third-order valence-corrected chi connectivity index (χ3v) is 4.86. The number of nitrogens with zero attached hydrogens (tertiary/aromatic N) is 4. The van der Waals surface area contributed by atoms with Crippen molar-refractivity contribution in [3.8, 4) is 11.5 Å². The standard InChI is InChI=1S/C23H17N5O6/c24-22(30)17-6-2-4-8-20(17)34-13-21-26-18-7-3-1-5-16(18)23(31)27(21)25-12-14-11-15(28(32)33)9-10-19(14)29/h1-12,29H,13H2,(H2,24,30)/b25-12+. The lowest BCUT2D eigenvalue weighted by Gasteiger charge is -2.12. The lowest BCUT2D eigenvalue weighted by molar-refractivity contribution is -0.384. The minimum atomic E-state index is -0.682. The number of nitro groups is 1. The van der Waals surface area contributed by atoms with Crippen LogP contribution in [0.2, 0.25) is 0 Å². The minimum absolute atomic E-state index is 0.0280. The van der Waals surface area contributed by atoms with Gasteiger partial charge in [-0.2, -0.15) is 9.78 Å². The molecular formula is C23H17N5O6. The molecule has 0 aliphatic carbocycles. The first-order valence-electron chi connectivity index (χ1n) is 9.89. The number of ether oxygens (including phenoxy) is 1. The molecule has 0 aliphatic heterocycles. The average Bonchev–Trinajstić information content (AvgIpc) is 2.83. The van der Waals surface area contributed by atoms with Gasteiger partial charge in [0.2, 0.25) is 0 Å². The Labute approximate surface area is 191 Å². The number of phenolic OH excluding ortho intramolecular Hbond substituents is 1. The summed E-state index contributed by atoms with van der Waals surface area (Å²) in [7, 11) is 0. The van der Waals surface area contributed by atoms with Crippen molar-refractivity contribution in [3.05, 3.63) is 104 Å². The van der Waals surface area contributed by atoms with Crippen LogP contribution in [-0.2, 0) is 6.61 Å². The maximum atomic E-state index is 13.1. The molecule has 0 spiro atoms. The van der Waals surface area contributed by atoms with Gasteiger partial charge < -0.3 is 15.6 Å². The highest BCUT2D eigenvalue weighted by Gasteiger charge is 2.14. The summed E-state index contributed by atoms with van der Waals surface area (Å²) < 4.78 is 6.69. The molecule has 0 fully saturated rings. The Morgan fingerprint density at radius 1 is 1.18 bits per heavy atom. The first-order chi connectivity index (χ1) is 16.3. The summed E-state index contributed by atoms with van der Waals surface area (Å²) >= 11 is 0. The second-order valence-corrected chi connectivity index (χ2v) is 7.06. The predicted molar refractivity (Wildman–Crippen MR) is 123 cm³/mol. The Hall–Kier alpha value is -5.06. The molecule has 34 heavy (non-hydrogen) atoms. The molecule has 3 N–H and O–H groups in total. The number of nitrogens with two attached hydrogens (primary N) is 1. The Balaban J connectivity index is 1.78. The van der Waals surface area contributed by atoms with Gasteiger partial charge in [-0.3, -0.25) is 19.7 Å². The number of fused-ring (bicyclic) bond motifs is 1. The molecule has 0 aliphatic rings. The van der Waals surface area contributed by atoms with Crippen LogP contribution >= 0.6 is 0 Å². The molecule has 170 valence electrons. The van der Waals surface area contributed by atoms with Crippen LogP contribution in [-0.4, -0.2) is 31.8 Å². The van der Waals surface area contributed by atoms with E-state index in [9.17, 15) is 24.8 Å². The average molecular weight is 459 g/mol. The van der Waals surface area contributed by atoms with E-state index < -0.39 is 16.4 Å². The van der Waals surface area contributed by atoms with Gasteiger partial charge in [-0.05, 0) is 30.3 Å². The summed E-state index contributed by atoms with van der Waals surface area (Å²) in [5.74, 6) is -0.656. The SMILES string of the molecule is NC(=O)c1ccccc1OCc1nc2ccccc2c(=O)n1/N=C/c1cc([N+](=O)[O-])ccc1O. The van der Waals surface area contributed by atoms with Gasteiger partial charge in [0.1, 0.15) is 18.1 Å². The first-order valence-corrected chi connectivity index (χ1v) is 9.89. The second kappa shape index (κ2) is 9.20. The van der Waals surface area contributed by atoms with Crippen LogP contribution in [0.3, 0.4) is 0 Å². The van der Waals surface area contributed by atoms with Crippen molar-refractivity contribution < 1.29 is 19.6 Å². The van der Waals surface area contributed by atoms with Crippen LogP contribution in [0.25, 0.3) is 10.9 Å². The lowest BCUT2D eigenvalue weighted by atomic mass is 10.2. The summed E-state index contributed by atoms with van der Waals surface area (Å²) in [5, 5.41) is 25.5. The van der Waals surface area contributed by atoms with E-state index in [1.165, 1.54) is 6.07 Å². The fourth-order valence-electron chi connectivity index (χ4n) is 3.20. The number of aromatic nitrogens is 2. The van der Waals surface area contributed by atoms with Crippen LogP contribution in [0.4, 0.5) is 5.69 Å². The third-order valence-electron chi connectivity index (χ3n) is 4.86. The Kier molecular flexibility index (Phi) is 5.99. The van der Waals surface area contributed by atoms with E-state index in [0.717, 1.165) is 29.1 Å². The molecule has 1 amide bonds. The number of carbonyl (C=O) groups excluding carboxylic acids is 1. The quantitative estimate of drug-likeness (QED) is 0.244. The highest BCUT2D eigenvalue weighted by atomic mass is 16.6. The second-order valence-electron chi connectivity index (χ2n) is 7.06. The molecule has 4 rings (SSSR count). The smallest absolute Gasteiger partial charge is 0.282 e. The number of non-ortho nitro benzene ring substituents is 1. The number of rotatable bonds is 7. The molecule has 11 heteroatoms. The monoisotopic (exact) mass is 459 g/mol. The molecule has 0 saturated carbocycles. The van der Waals surface area contributed by atoms with E-state index in [-0.39, 0.29) is 46.1 Å². The van der Waals surface area contributed by atoms with Crippen LogP contribution in [0.15, 0.2) is 76.6 Å². The molecule has 4 aromatic rings. The molecule has 3 aromatic carbocycles. The number of phenols is 1. The van der Waals surface area contributed by atoms with Crippen LogP contribution < -0.4 is 16.0 Å². The van der Waals surface area contributed by atoms with Crippen molar-refractivity contribution in [1.82, 2.24) is 9.66 Å². The van der Waals surface area contributed by atoms with Gasteiger partial charge in [-0.25, -0.2) is 4.98 Å². The zero-order valence-corrected chi connectivity index (χ0v) is 17.5. The van der Waals surface area contributed by atoms with Crippen molar-refractivity contribution in [2.45, 2.75) is 6.61 Å². The zero-order valence-electron chi connectivity index (χ0n) is 17.5. The molecule has 0 radical (unpaired) electrons. The minimum Gasteiger partial charge on any atom is -0.507 e. The number of hydrogen-bond donors (Lipinski definition) is 2. The van der Waals surface area contributed by atoms with Crippen molar-refractivity contribution in [2.24, 2.45) is 10.8 Å². The van der Waals surface area contributed by atoms with Crippen molar-refractivity contribution in [1.29, 1.82) is 0 Å². The summed E-state index contributed by atoms with van der Waals surface area (Å²) in [6.45, 7) is -0.247. The molecule has 1 heterocycles. The summed E-state index contributed by atoms with van der Waals surface area (Å²) in [4.78, 5) is 39.7. The Morgan fingerprint density at radius 2 is 1.91 bits per heavy atom. The van der Waals surface area contributed by atoms with Crippen molar-refractivity contribution >= 4 is 28.7 Å². The Morgan fingerprint density at radius 3 is 2.68 bits per heavy atom. The van der Waals surface area contributed by atoms with Gasteiger partial charge in [0, 0.05) is 17.7 Å². The molecule has 11 nitrogen and oxygen atoms in total. The van der Waals surface area contributed by atoms with Crippen LogP contribution in [0.1, 0.15) is 21.7 Å². The number of primary amides is 1. The summed E-state index contributed by atoms with van der Waals surface area (Å²) in [5.41, 5.74) is 5.20. The highest BCUT2D eigenvalue weighted by molar-refractivity contribution is 5.95. The number of amides is 1. The molecule has 0 atom stereocenters. The zero-order chi connectivity index (χ0) is 24.2. The van der Waals surface area contributed by atoms with E-state index in [1.54, 1.807) is 42.5 Å². The molecule has 0 saturated heterocycles. The summed E-state index contributed by atoms with van der Waals surface area (Å²) in [6.07, 6.45) is 1.11. The predicted octanol–water partition coefficient (Wildman–Crippen LogP) is 2.57. The molecular weight excluding hydrogens is 442 g/mol. The van der Waals surface area contributed by atoms with Gasteiger partial charge in [-0.15, -0.1) is 0 Å². The van der Waals surface area contributed by atoms with Gasteiger partial charge >= 0.3 is 0 Å².